The van der Waals surface area contributed by atoms with Gasteiger partial charge >= 0.3 is 5.97 Å². The summed E-state index contributed by atoms with van der Waals surface area (Å²) in [7, 11) is 0. The van der Waals surface area contributed by atoms with Crippen molar-refractivity contribution in [2.75, 3.05) is 0 Å². The normalized spacial score (nSPS) is 14.6. The maximum atomic E-state index is 12.9. The second kappa shape index (κ2) is 15.5. The Balaban J connectivity index is 1.78. The lowest BCUT2D eigenvalue weighted by Gasteiger charge is -2.20. The highest BCUT2D eigenvalue weighted by molar-refractivity contribution is 5.98. The molecule has 1 aromatic carbocycles. The number of amides is 1. The third kappa shape index (κ3) is 11.2. The number of hydrogen-bond donors (Lipinski definition) is 2. The van der Waals surface area contributed by atoms with Crippen molar-refractivity contribution in [3.8, 4) is 0 Å². The van der Waals surface area contributed by atoms with Crippen LogP contribution in [-0.4, -0.2) is 34.8 Å². The van der Waals surface area contributed by atoms with Gasteiger partial charge in [-0.05, 0) is 56.4 Å². The summed E-state index contributed by atoms with van der Waals surface area (Å²) in [6.07, 6.45) is 9.01. The first-order valence-corrected chi connectivity index (χ1v) is 13.1. The Kier molecular flexibility index (Phi) is 12.7. The van der Waals surface area contributed by atoms with Gasteiger partial charge in [0.2, 0.25) is 5.91 Å². The molecule has 0 spiro atoms. The Labute approximate surface area is 209 Å². The monoisotopic (exact) mass is 487 g/mol. The third-order valence-corrected chi connectivity index (χ3v) is 6.52. The molecule has 0 aromatic heterocycles. The van der Waals surface area contributed by atoms with Gasteiger partial charge in [0, 0.05) is 31.2 Å². The highest BCUT2D eigenvalue weighted by Crippen LogP contribution is 2.26. The zero-order chi connectivity index (χ0) is 25.6. The number of rotatable bonds is 16. The molecule has 1 aliphatic rings. The number of ether oxygens (including phenoxy) is 1. The molecule has 1 saturated carbocycles. The second-order valence-corrected chi connectivity index (χ2v) is 10.2. The molecule has 7 nitrogen and oxygen atoms in total. The first-order valence-electron chi connectivity index (χ1n) is 13.1. The van der Waals surface area contributed by atoms with E-state index in [0.717, 1.165) is 50.5 Å². The number of hydrogen-bond acceptors (Lipinski definition) is 6. The smallest absolute Gasteiger partial charge is 0.309 e. The van der Waals surface area contributed by atoms with Gasteiger partial charge in [0.05, 0.1) is 5.92 Å². The van der Waals surface area contributed by atoms with Gasteiger partial charge in [0.15, 0.2) is 5.78 Å². The fourth-order valence-corrected chi connectivity index (χ4v) is 4.58. The van der Waals surface area contributed by atoms with Crippen LogP contribution in [-0.2, 0) is 25.5 Å². The van der Waals surface area contributed by atoms with E-state index in [1.165, 1.54) is 0 Å². The minimum absolute atomic E-state index is 0.00292. The number of unbranched alkanes of at least 4 members (excludes halogenated alkanes) is 3. The minimum Gasteiger partial charge on any atom is -0.462 e. The van der Waals surface area contributed by atoms with E-state index in [1.54, 1.807) is 17.6 Å². The van der Waals surface area contributed by atoms with Gasteiger partial charge in [0.1, 0.15) is 11.9 Å². The lowest BCUT2D eigenvalue weighted by Crippen LogP contribution is -2.26. The van der Waals surface area contributed by atoms with E-state index in [9.17, 15) is 19.2 Å². The van der Waals surface area contributed by atoms with E-state index in [4.69, 9.17) is 9.94 Å². The predicted octanol–water partition coefficient (Wildman–Crippen LogP) is 5.37. The molecule has 0 radical (unpaired) electrons. The van der Waals surface area contributed by atoms with Gasteiger partial charge in [-0.2, -0.15) is 0 Å². The molecule has 1 atom stereocenters. The van der Waals surface area contributed by atoms with Crippen molar-refractivity contribution in [3.05, 3.63) is 35.4 Å². The van der Waals surface area contributed by atoms with Crippen LogP contribution in [0.2, 0.25) is 0 Å². The predicted molar refractivity (Wildman–Crippen MR) is 133 cm³/mol. The Hall–Kier alpha value is -2.54. The molecule has 1 fully saturated rings. The molecule has 1 amide bonds. The second-order valence-electron chi connectivity index (χ2n) is 10.2. The van der Waals surface area contributed by atoms with Gasteiger partial charge in [-0.15, -0.1) is 0 Å². The van der Waals surface area contributed by atoms with Crippen molar-refractivity contribution < 1.29 is 29.1 Å². The maximum Gasteiger partial charge on any atom is 0.309 e. The standard InChI is InChI=1S/C28H41NO6/c1-20(2)17-23(28(33)35-25-10-7-8-11-25)19-26(31)22-15-13-21(14-16-22)18-24(30)9-5-3-4-6-12-27(32)29-34/h13-16,20,23,25,34H,3-12,17-19H2,1-2H3,(H,29,32)/t23-/m1/s1. The zero-order valence-electron chi connectivity index (χ0n) is 21.2. The molecule has 0 unspecified atom stereocenters. The summed E-state index contributed by atoms with van der Waals surface area (Å²) >= 11 is 0. The molecule has 1 aromatic rings. The van der Waals surface area contributed by atoms with Crippen LogP contribution in [0.3, 0.4) is 0 Å². The molecule has 194 valence electrons. The zero-order valence-corrected chi connectivity index (χ0v) is 21.2. The van der Waals surface area contributed by atoms with Crippen molar-refractivity contribution >= 4 is 23.4 Å². The summed E-state index contributed by atoms with van der Waals surface area (Å²) in [6.45, 7) is 4.09. The fourth-order valence-electron chi connectivity index (χ4n) is 4.58. The van der Waals surface area contributed by atoms with Crippen LogP contribution < -0.4 is 5.48 Å². The third-order valence-electron chi connectivity index (χ3n) is 6.52. The number of ketones is 2. The minimum atomic E-state index is -0.428. The van der Waals surface area contributed by atoms with E-state index in [1.807, 2.05) is 26.0 Å². The Morgan fingerprint density at radius 3 is 2.20 bits per heavy atom. The summed E-state index contributed by atoms with van der Waals surface area (Å²) in [5.74, 6) is -0.712. The van der Waals surface area contributed by atoms with Gasteiger partial charge in [0.25, 0.3) is 0 Å². The van der Waals surface area contributed by atoms with E-state index in [0.29, 0.717) is 31.2 Å². The van der Waals surface area contributed by atoms with Crippen molar-refractivity contribution in [2.24, 2.45) is 11.8 Å². The molecule has 0 aliphatic heterocycles. The van der Waals surface area contributed by atoms with Gasteiger partial charge < -0.3 is 4.74 Å². The molecule has 0 saturated heterocycles. The summed E-state index contributed by atoms with van der Waals surface area (Å²) in [5.41, 5.74) is 3.03. The molecule has 35 heavy (non-hydrogen) atoms. The summed E-state index contributed by atoms with van der Waals surface area (Å²) in [4.78, 5) is 48.8. The fraction of sp³-hybridized carbons (Fsp3) is 0.643. The lowest BCUT2D eigenvalue weighted by molar-refractivity contribution is -0.154. The van der Waals surface area contributed by atoms with Crippen LogP contribution in [0, 0.1) is 11.8 Å². The van der Waals surface area contributed by atoms with Crippen LogP contribution in [0.5, 0.6) is 0 Å². The number of benzene rings is 1. The van der Waals surface area contributed by atoms with Crippen LogP contribution in [0.15, 0.2) is 24.3 Å². The topological polar surface area (TPSA) is 110 Å². The van der Waals surface area contributed by atoms with Crippen LogP contribution >= 0.6 is 0 Å². The Bertz CT molecular complexity index is 826. The summed E-state index contributed by atoms with van der Waals surface area (Å²) < 4.78 is 5.69. The van der Waals surface area contributed by atoms with Crippen molar-refractivity contribution in [2.45, 2.75) is 103 Å². The van der Waals surface area contributed by atoms with Gasteiger partial charge in [-0.3, -0.25) is 24.4 Å². The number of Topliss-reactive ketones (excluding diaryl/α,β-unsaturated/α-hetero) is 2. The number of esters is 1. The van der Waals surface area contributed by atoms with Gasteiger partial charge in [-0.25, -0.2) is 5.48 Å². The molecule has 0 bridgehead atoms. The SMILES string of the molecule is CC(C)C[C@H](CC(=O)c1ccc(CC(=O)CCCCCCC(=O)NO)cc1)C(=O)OC1CCCC1. The molecule has 0 heterocycles. The number of nitrogens with one attached hydrogen (secondary N) is 1. The molecule has 2 rings (SSSR count). The first kappa shape index (κ1) is 28.7. The van der Waals surface area contributed by atoms with E-state index in [-0.39, 0.29) is 48.3 Å². The highest BCUT2D eigenvalue weighted by Gasteiger charge is 2.28. The molecule has 2 N–H and O–H groups in total. The van der Waals surface area contributed by atoms with Crippen molar-refractivity contribution in [1.29, 1.82) is 0 Å². The number of carbonyl (C=O) groups excluding carboxylic acids is 4. The molecular weight excluding hydrogens is 446 g/mol. The lowest BCUT2D eigenvalue weighted by atomic mass is 9.90. The Morgan fingerprint density at radius 1 is 0.971 bits per heavy atom. The van der Waals surface area contributed by atoms with Crippen molar-refractivity contribution in [3.63, 3.8) is 0 Å². The Morgan fingerprint density at radius 2 is 1.60 bits per heavy atom. The number of carbonyl (C=O) groups is 4. The average Bonchev–Trinajstić information content (AvgIpc) is 3.33. The van der Waals surface area contributed by atoms with Crippen LogP contribution in [0.4, 0.5) is 0 Å². The van der Waals surface area contributed by atoms with E-state index < -0.39 is 5.92 Å². The van der Waals surface area contributed by atoms with Gasteiger partial charge in [-0.1, -0.05) is 51.0 Å². The summed E-state index contributed by atoms with van der Waals surface area (Å²) in [5, 5.41) is 8.46. The largest absolute Gasteiger partial charge is 0.462 e. The number of hydroxylamine groups is 1. The molecule has 1 aliphatic carbocycles. The first-order chi connectivity index (χ1) is 16.8. The van der Waals surface area contributed by atoms with Crippen molar-refractivity contribution in [1.82, 2.24) is 5.48 Å². The molecule has 7 heteroatoms. The maximum absolute atomic E-state index is 12.9. The highest BCUT2D eigenvalue weighted by atomic mass is 16.5. The average molecular weight is 488 g/mol. The van der Waals surface area contributed by atoms with Crippen LogP contribution in [0.1, 0.15) is 107 Å². The quantitative estimate of drug-likeness (QED) is 0.107. The summed E-state index contributed by atoms with van der Waals surface area (Å²) in [6, 6.07) is 7.11. The van der Waals surface area contributed by atoms with E-state index in [2.05, 4.69) is 0 Å². The molecular formula is C28H41NO6. The van der Waals surface area contributed by atoms with E-state index >= 15 is 0 Å². The van der Waals surface area contributed by atoms with Crippen LogP contribution in [0.25, 0.3) is 0 Å².